The second-order valence-electron chi connectivity index (χ2n) is 3.93. The minimum absolute atomic E-state index is 0.0124. The summed E-state index contributed by atoms with van der Waals surface area (Å²) in [6.07, 6.45) is 4.61. The molecule has 0 fully saturated rings. The number of unbranched alkanes of at least 4 members (excludes halogenated alkanes) is 2. The van der Waals surface area contributed by atoms with Crippen LogP contribution >= 0.6 is 0 Å². The van der Waals surface area contributed by atoms with Gasteiger partial charge in [-0.05, 0) is 25.5 Å². The zero-order valence-corrected chi connectivity index (χ0v) is 10.0. The molecule has 16 heavy (non-hydrogen) atoms. The molecule has 0 aromatic carbocycles. The normalized spacial score (nSPS) is 22.2. The summed E-state index contributed by atoms with van der Waals surface area (Å²) in [5.74, 6) is -0.106. The van der Waals surface area contributed by atoms with Crippen molar-refractivity contribution >= 4 is 15.7 Å². The molecule has 1 atom stereocenters. The van der Waals surface area contributed by atoms with E-state index in [1.807, 2.05) is 0 Å². The smallest absolute Gasteiger partial charge is 0.220 e. The van der Waals surface area contributed by atoms with Crippen molar-refractivity contribution in [1.82, 2.24) is 5.32 Å². The van der Waals surface area contributed by atoms with Crippen LogP contribution < -0.4 is 11.1 Å². The molecule has 0 aromatic rings. The zero-order valence-electron chi connectivity index (χ0n) is 9.19. The molecule has 1 heterocycles. The van der Waals surface area contributed by atoms with Gasteiger partial charge >= 0.3 is 0 Å². The number of hydrogen-bond donors (Lipinski definition) is 2. The van der Waals surface area contributed by atoms with E-state index < -0.39 is 9.84 Å². The van der Waals surface area contributed by atoms with Gasteiger partial charge in [-0.15, -0.1) is 0 Å². The Bertz CT molecular complexity index is 362. The van der Waals surface area contributed by atoms with Crippen LogP contribution in [-0.2, 0) is 14.6 Å². The second-order valence-corrected chi connectivity index (χ2v) is 5.86. The predicted octanol–water partition coefficient (Wildman–Crippen LogP) is -0.0676. The van der Waals surface area contributed by atoms with Crippen molar-refractivity contribution in [1.29, 1.82) is 0 Å². The van der Waals surface area contributed by atoms with E-state index in [2.05, 4.69) is 5.32 Å². The Balaban J connectivity index is 2.18. The quantitative estimate of drug-likeness (QED) is 0.642. The maximum atomic E-state index is 11.4. The molecule has 1 unspecified atom stereocenters. The summed E-state index contributed by atoms with van der Waals surface area (Å²) in [5, 5.41) is 3.83. The Kier molecular flexibility index (Phi) is 4.95. The molecule has 3 N–H and O–H groups in total. The van der Waals surface area contributed by atoms with Gasteiger partial charge < -0.3 is 11.1 Å². The van der Waals surface area contributed by atoms with Crippen LogP contribution in [0.1, 0.15) is 25.7 Å². The van der Waals surface area contributed by atoms with Crippen LogP contribution in [0.3, 0.4) is 0 Å². The van der Waals surface area contributed by atoms with Gasteiger partial charge in [0.2, 0.25) is 5.91 Å². The van der Waals surface area contributed by atoms with E-state index in [4.69, 9.17) is 5.73 Å². The third-order valence-corrected chi connectivity index (χ3v) is 3.78. The summed E-state index contributed by atoms with van der Waals surface area (Å²) in [6.45, 7) is 0.644. The van der Waals surface area contributed by atoms with E-state index in [1.54, 1.807) is 0 Å². The molecule has 1 amide bonds. The number of hydrogen-bond acceptors (Lipinski definition) is 4. The van der Waals surface area contributed by atoms with Crippen LogP contribution in [-0.4, -0.2) is 32.7 Å². The largest absolute Gasteiger partial charge is 0.349 e. The monoisotopic (exact) mass is 246 g/mol. The lowest BCUT2D eigenvalue weighted by atomic mass is 10.2. The number of sulfone groups is 1. The molecule has 0 aromatic heterocycles. The first-order valence-corrected chi connectivity index (χ1v) is 7.15. The lowest BCUT2D eigenvalue weighted by molar-refractivity contribution is -0.121. The highest BCUT2D eigenvalue weighted by Gasteiger charge is 2.22. The SMILES string of the molecule is NCCCCCC(=O)NC1C=CS(=O)(=O)C1. The molecule has 0 saturated heterocycles. The fraction of sp³-hybridized carbons (Fsp3) is 0.700. The van der Waals surface area contributed by atoms with Gasteiger partial charge in [0.15, 0.2) is 9.84 Å². The van der Waals surface area contributed by atoms with Gasteiger partial charge in [0.25, 0.3) is 0 Å². The molecule has 0 saturated carbocycles. The summed E-state index contributed by atoms with van der Waals surface area (Å²) in [7, 11) is -3.08. The summed E-state index contributed by atoms with van der Waals surface area (Å²) in [6, 6.07) is -0.355. The number of amides is 1. The maximum absolute atomic E-state index is 11.4. The van der Waals surface area contributed by atoms with Crippen molar-refractivity contribution < 1.29 is 13.2 Å². The topological polar surface area (TPSA) is 89.3 Å². The number of rotatable bonds is 6. The van der Waals surface area contributed by atoms with Crippen LogP contribution in [0.2, 0.25) is 0 Å². The van der Waals surface area contributed by atoms with Crippen molar-refractivity contribution in [2.24, 2.45) is 5.73 Å². The molecule has 5 nitrogen and oxygen atoms in total. The number of carbonyl (C=O) groups is 1. The molecule has 1 rings (SSSR count). The number of carbonyl (C=O) groups excluding carboxylic acids is 1. The third-order valence-electron chi connectivity index (χ3n) is 2.38. The zero-order chi connectivity index (χ0) is 12.0. The van der Waals surface area contributed by atoms with Gasteiger partial charge in [-0.2, -0.15) is 0 Å². The minimum Gasteiger partial charge on any atom is -0.349 e. The van der Waals surface area contributed by atoms with Crippen LogP contribution in [0, 0.1) is 0 Å². The van der Waals surface area contributed by atoms with E-state index in [-0.39, 0.29) is 17.7 Å². The first-order chi connectivity index (χ1) is 7.53. The lowest BCUT2D eigenvalue weighted by Crippen LogP contribution is -2.35. The highest BCUT2D eigenvalue weighted by Crippen LogP contribution is 2.08. The van der Waals surface area contributed by atoms with Gasteiger partial charge in [-0.1, -0.05) is 6.42 Å². The molecule has 0 radical (unpaired) electrons. The van der Waals surface area contributed by atoms with Gasteiger partial charge in [0.05, 0.1) is 11.8 Å². The third kappa shape index (κ3) is 4.76. The molecule has 1 aliphatic heterocycles. The summed E-state index contributed by atoms with van der Waals surface area (Å²) in [5.41, 5.74) is 5.33. The van der Waals surface area contributed by atoms with E-state index in [1.165, 1.54) is 6.08 Å². The molecular weight excluding hydrogens is 228 g/mol. The van der Waals surface area contributed by atoms with Crippen molar-refractivity contribution in [3.63, 3.8) is 0 Å². The van der Waals surface area contributed by atoms with Gasteiger partial charge in [0, 0.05) is 11.8 Å². The minimum atomic E-state index is -3.08. The van der Waals surface area contributed by atoms with Crippen LogP contribution in [0.15, 0.2) is 11.5 Å². The average Bonchev–Trinajstić information content (AvgIpc) is 2.53. The van der Waals surface area contributed by atoms with Gasteiger partial charge in [-0.3, -0.25) is 4.79 Å². The highest BCUT2D eigenvalue weighted by molar-refractivity contribution is 7.94. The average molecular weight is 246 g/mol. The highest BCUT2D eigenvalue weighted by atomic mass is 32.2. The Labute approximate surface area is 96.0 Å². The number of nitrogens with two attached hydrogens (primary N) is 1. The Morgan fingerprint density at radius 3 is 2.69 bits per heavy atom. The van der Waals surface area contributed by atoms with Gasteiger partial charge in [0.1, 0.15) is 0 Å². The first-order valence-electron chi connectivity index (χ1n) is 5.44. The Morgan fingerprint density at radius 1 is 1.38 bits per heavy atom. The fourth-order valence-electron chi connectivity index (χ4n) is 1.55. The Hall–Kier alpha value is -0.880. The van der Waals surface area contributed by atoms with E-state index in [0.717, 1.165) is 24.7 Å². The summed E-state index contributed by atoms with van der Waals surface area (Å²) < 4.78 is 22.1. The van der Waals surface area contributed by atoms with E-state index in [9.17, 15) is 13.2 Å². The molecular formula is C10H18N2O3S. The standard InChI is InChI=1S/C10H18N2O3S/c11-6-3-1-2-4-10(13)12-9-5-7-16(14,15)8-9/h5,7,9H,1-4,6,8,11H2,(H,12,13). The maximum Gasteiger partial charge on any atom is 0.220 e. The van der Waals surface area contributed by atoms with Crippen molar-refractivity contribution in [3.05, 3.63) is 11.5 Å². The molecule has 6 heteroatoms. The van der Waals surface area contributed by atoms with E-state index in [0.29, 0.717) is 13.0 Å². The summed E-state index contributed by atoms with van der Waals surface area (Å²) in [4.78, 5) is 11.4. The fourth-order valence-corrected chi connectivity index (χ4v) is 2.79. The lowest BCUT2D eigenvalue weighted by Gasteiger charge is -2.09. The van der Waals surface area contributed by atoms with Gasteiger partial charge in [-0.25, -0.2) is 8.42 Å². The van der Waals surface area contributed by atoms with E-state index >= 15 is 0 Å². The molecule has 0 spiro atoms. The van der Waals surface area contributed by atoms with Crippen molar-refractivity contribution in [2.75, 3.05) is 12.3 Å². The van der Waals surface area contributed by atoms with Crippen molar-refractivity contribution in [2.45, 2.75) is 31.7 Å². The Morgan fingerprint density at radius 2 is 2.12 bits per heavy atom. The molecule has 0 aliphatic carbocycles. The second kappa shape index (κ2) is 6.00. The number of nitrogens with one attached hydrogen (secondary N) is 1. The van der Waals surface area contributed by atoms with Crippen molar-refractivity contribution in [3.8, 4) is 0 Å². The first kappa shape index (κ1) is 13.2. The predicted molar refractivity (Wildman–Crippen MR) is 62.4 cm³/mol. The van der Waals surface area contributed by atoms with Crippen LogP contribution in [0.5, 0.6) is 0 Å². The summed E-state index contributed by atoms with van der Waals surface area (Å²) >= 11 is 0. The van der Waals surface area contributed by atoms with Crippen LogP contribution in [0.25, 0.3) is 0 Å². The molecule has 1 aliphatic rings. The molecule has 0 bridgehead atoms. The molecule has 92 valence electrons. The van der Waals surface area contributed by atoms with Crippen LogP contribution in [0.4, 0.5) is 0 Å².